The third kappa shape index (κ3) is 5.18. The average molecular weight is 435 g/mol. The van der Waals surface area contributed by atoms with Gasteiger partial charge >= 0.3 is 5.56 Å². The van der Waals surface area contributed by atoms with E-state index in [1.807, 2.05) is 36.4 Å². The van der Waals surface area contributed by atoms with Gasteiger partial charge in [0, 0.05) is 30.0 Å². The lowest BCUT2D eigenvalue weighted by atomic mass is 10.2. The number of rotatable bonds is 7. The number of pyridine rings is 1. The second-order valence-electron chi connectivity index (χ2n) is 6.54. The number of hydrogen-bond acceptors (Lipinski definition) is 7. The van der Waals surface area contributed by atoms with Crippen molar-refractivity contribution < 1.29 is 4.74 Å². The number of nitrogens with one attached hydrogen (secondary N) is 2. The Labute approximate surface area is 183 Å². The lowest BCUT2D eigenvalue weighted by molar-refractivity contribution is 0.463. The highest BCUT2D eigenvalue weighted by atomic mass is 35.5. The molecule has 0 fully saturated rings. The molecule has 8 nitrogen and oxygen atoms in total. The van der Waals surface area contributed by atoms with Crippen LogP contribution >= 0.6 is 11.6 Å². The zero-order chi connectivity index (χ0) is 21.6. The molecule has 0 radical (unpaired) electrons. The molecule has 0 saturated carbocycles. The van der Waals surface area contributed by atoms with Crippen molar-refractivity contribution >= 4 is 29.1 Å². The smallest absolute Gasteiger partial charge is 0.317 e. The standard InChI is InChI=1S/C22H19ClN6O2/c1-24-20-21(30)27-22(29(28-20)14-15-5-7-16(23)8-6-15)26-17-9-11-18(12-10-17)31-19-4-2-3-13-25-19/h2-13H,14H2,1H3,(H,24,28)(H,26,27,30). The summed E-state index contributed by atoms with van der Waals surface area (Å²) >= 11 is 5.97. The fourth-order valence-corrected chi connectivity index (χ4v) is 2.93. The summed E-state index contributed by atoms with van der Waals surface area (Å²) in [5, 5.41) is 11.0. The minimum absolute atomic E-state index is 0.165. The first-order valence-electron chi connectivity index (χ1n) is 9.48. The van der Waals surface area contributed by atoms with Crippen molar-refractivity contribution in [2.75, 3.05) is 17.7 Å². The molecule has 0 amide bonds. The molecule has 4 rings (SSSR count). The topological polar surface area (TPSA) is 94.0 Å². The number of benzene rings is 2. The van der Waals surface area contributed by atoms with Gasteiger partial charge in [0.05, 0.1) is 6.54 Å². The third-order valence-corrected chi connectivity index (χ3v) is 4.58. The minimum Gasteiger partial charge on any atom is -0.439 e. The van der Waals surface area contributed by atoms with Crippen LogP contribution in [0, 0.1) is 0 Å². The molecule has 0 aliphatic heterocycles. The van der Waals surface area contributed by atoms with Crippen LogP contribution in [0.25, 0.3) is 0 Å². The fourth-order valence-electron chi connectivity index (χ4n) is 2.80. The highest BCUT2D eigenvalue weighted by Gasteiger charge is 2.11. The zero-order valence-electron chi connectivity index (χ0n) is 16.6. The maximum absolute atomic E-state index is 12.2. The quantitative estimate of drug-likeness (QED) is 0.447. The SMILES string of the molecule is CNc1nn(Cc2ccc(Cl)cc2)c(Nc2ccc(Oc3ccccn3)cc2)nc1=O. The number of halogens is 1. The van der Waals surface area contributed by atoms with Crippen molar-refractivity contribution in [1.29, 1.82) is 0 Å². The van der Waals surface area contributed by atoms with Gasteiger partial charge in [0.1, 0.15) is 5.75 Å². The third-order valence-electron chi connectivity index (χ3n) is 4.33. The molecule has 2 aromatic heterocycles. The van der Waals surface area contributed by atoms with Crippen LogP contribution < -0.4 is 20.9 Å². The van der Waals surface area contributed by atoms with Gasteiger partial charge in [-0.2, -0.15) is 4.98 Å². The molecule has 2 N–H and O–H groups in total. The fraction of sp³-hybridized carbons (Fsp3) is 0.0909. The van der Waals surface area contributed by atoms with Gasteiger partial charge in [-0.15, -0.1) is 5.10 Å². The van der Waals surface area contributed by atoms with Crippen LogP contribution in [0.3, 0.4) is 0 Å². The molecule has 4 aromatic rings. The van der Waals surface area contributed by atoms with Gasteiger partial charge < -0.3 is 15.4 Å². The molecule has 0 spiro atoms. The molecule has 2 heterocycles. The Morgan fingerprint density at radius 1 is 1.03 bits per heavy atom. The first-order valence-corrected chi connectivity index (χ1v) is 9.86. The summed E-state index contributed by atoms with van der Waals surface area (Å²) in [6.07, 6.45) is 1.67. The molecular formula is C22H19ClN6O2. The van der Waals surface area contributed by atoms with Crippen LogP contribution in [0.2, 0.25) is 5.02 Å². The van der Waals surface area contributed by atoms with E-state index in [2.05, 4.69) is 25.7 Å². The van der Waals surface area contributed by atoms with Crippen molar-refractivity contribution in [3.05, 3.63) is 93.9 Å². The van der Waals surface area contributed by atoms with Crippen molar-refractivity contribution in [3.8, 4) is 11.6 Å². The van der Waals surface area contributed by atoms with Gasteiger partial charge in [-0.1, -0.05) is 29.8 Å². The monoisotopic (exact) mass is 434 g/mol. The van der Waals surface area contributed by atoms with E-state index in [0.717, 1.165) is 11.3 Å². The van der Waals surface area contributed by atoms with Crippen LogP contribution in [0.15, 0.2) is 77.7 Å². The maximum Gasteiger partial charge on any atom is 0.317 e. The second kappa shape index (κ2) is 9.27. The Balaban J connectivity index is 1.57. The zero-order valence-corrected chi connectivity index (χ0v) is 17.4. The van der Waals surface area contributed by atoms with Crippen LogP contribution in [0.1, 0.15) is 5.56 Å². The van der Waals surface area contributed by atoms with Crippen LogP contribution in [0.5, 0.6) is 11.6 Å². The molecule has 0 unspecified atom stereocenters. The van der Waals surface area contributed by atoms with E-state index in [1.165, 1.54) is 0 Å². The maximum atomic E-state index is 12.2. The molecule has 0 bridgehead atoms. The highest BCUT2D eigenvalue weighted by Crippen LogP contribution is 2.23. The Bertz CT molecular complexity index is 1210. The summed E-state index contributed by atoms with van der Waals surface area (Å²) in [7, 11) is 1.63. The first kappa shape index (κ1) is 20.4. The lowest BCUT2D eigenvalue weighted by Crippen LogP contribution is -2.23. The number of ether oxygens (including phenoxy) is 1. The first-order chi connectivity index (χ1) is 15.1. The normalized spacial score (nSPS) is 10.5. The predicted molar refractivity (Wildman–Crippen MR) is 120 cm³/mol. The number of aromatic nitrogens is 4. The van der Waals surface area contributed by atoms with E-state index in [-0.39, 0.29) is 5.82 Å². The molecule has 9 heteroatoms. The van der Waals surface area contributed by atoms with Gasteiger partial charge in [0.25, 0.3) is 0 Å². The average Bonchev–Trinajstić information content (AvgIpc) is 2.79. The van der Waals surface area contributed by atoms with Gasteiger partial charge in [-0.25, -0.2) is 9.67 Å². The lowest BCUT2D eigenvalue weighted by Gasteiger charge is -2.14. The Hall–Kier alpha value is -3.91. The van der Waals surface area contributed by atoms with Crippen LogP contribution in [0.4, 0.5) is 17.5 Å². The summed E-state index contributed by atoms with van der Waals surface area (Å²) in [5.41, 5.74) is 1.24. The van der Waals surface area contributed by atoms with Gasteiger partial charge in [-0.05, 0) is 48.0 Å². The summed E-state index contributed by atoms with van der Waals surface area (Å²) in [6.45, 7) is 0.405. The van der Waals surface area contributed by atoms with E-state index in [0.29, 0.717) is 29.1 Å². The van der Waals surface area contributed by atoms with Gasteiger partial charge in [0.15, 0.2) is 0 Å². The van der Waals surface area contributed by atoms with E-state index in [4.69, 9.17) is 16.3 Å². The predicted octanol–water partition coefficient (Wildman–Crippen LogP) is 4.31. The van der Waals surface area contributed by atoms with E-state index in [9.17, 15) is 4.79 Å². The summed E-state index contributed by atoms with van der Waals surface area (Å²) < 4.78 is 7.32. The summed E-state index contributed by atoms with van der Waals surface area (Å²) in [6, 6.07) is 20.1. The van der Waals surface area contributed by atoms with E-state index < -0.39 is 5.56 Å². The number of nitrogens with zero attached hydrogens (tertiary/aromatic N) is 4. The van der Waals surface area contributed by atoms with Crippen molar-refractivity contribution in [1.82, 2.24) is 19.7 Å². The Morgan fingerprint density at radius 2 is 1.81 bits per heavy atom. The second-order valence-corrected chi connectivity index (χ2v) is 6.98. The molecule has 0 saturated heterocycles. The largest absolute Gasteiger partial charge is 0.439 e. The molecule has 156 valence electrons. The van der Waals surface area contributed by atoms with Gasteiger partial charge in [0.2, 0.25) is 17.6 Å². The molecular weight excluding hydrogens is 416 g/mol. The molecule has 0 aliphatic carbocycles. The van der Waals surface area contributed by atoms with Crippen molar-refractivity contribution in [2.45, 2.75) is 6.54 Å². The molecule has 2 aromatic carbocycles. The minimum atomic E-state index is -0.451. The van der Waals surface area contributed by atoms with Gasteiger partial charge in [-0.3, -0.25) is 4.79 Å². The molecule has 0 aliphatic rings. The van der Waals surface area contributed by atoms with Crippen molar-refractivity contribution in [3.63, 3.8) is 0 Å². The van der Waals surface area contributed by atoms with E-state index >= 15 is 0 Å². The highest BCUT2D eigenvalue weighted by molar-refractivity contribution is 6.30. The summed E-state index contributed by atoms with van der Waals surface area (Å²) in [5.74, 6) is 1.63. The van der Waals surface area contributed by atoms with Crippen molar-refractivity contribution in [2.24, 2.45) is 0 Å². The Kier molecular flexibility index (Phi) is 6.09. The summed E-state index contributed by atoms with van der Waals surface area (Å²) in [4.78, 5) is 20.5. The van der Waals surface area contributed by atoms with Crippen LogP contribution in [-0.4, -0.2) is 26.8 Å². The molecule has 31 heavy (non-hydrogen) atoms. The number of anilines is 3. The van der Waals surface area contributed by atoms with E-state index in [1.54, 1.807) is 48.3 Å². The molecule has 0 atom stereocenters. The number of hydrogen-bond donors (Lipinski definition) is 2. The van der Waals surface area contributed by atoms with Crippen LogP contribution in [-0.2, 0) is 6.54 Å². The Morgan fingerprint density at radius 3 is 2.48 bits per heavy atom.